The molecule has 0 aliphatic heterocycles. The first-order valence-corrected chi connectivity index (χ1v) is 12.5. The molecule has 0 unspecified atom stereocenters. The molecule has 1 aromatic carbocycles. The minimum Gasteiger partial charge on any atom is -0.476 e. The molecule has 0 aliphatic rings. The number of benzene rings is 1. The van der Waals surface area contributed by atoms with Crippen LogP contribution in [0.4, 0.5) is 23.7 Å². The van der Waals surface area contributed by atoms with E-state index < -0.39 is 42.1 Å². The highest BCUT2D eigenvalue weighted by Gasteiger charge is 2.25. The van der Waals surface area contributed by atoms with Crippen molar-refractivity contribution in [1.82, 2.24) is 15.3 Å². The minimum absolute atomic E-state index is 0.0203. The molecule has 0 saturated carbocycles. The molecular weight excluding hydrogens is 529 g/mol. The van der Waals surface area contributed by atoms with E-state index in [4.69, 9.17) is 9.47 Å². The summed E-state index contributed by atoms with van der Waals surface area (Å²) in [5, 5.41) is 5.17. The van der Waals surface area contributed by atoms with Crippen molar-refractivity contribution in [3.05, 3.63) is 77.2 Å². The monoisotopic (exact) mass is 560 g/mol. The lowest BCUT2D eigenvalue weighted by Crippen LogP contribution is -2.31. The van der Waals surface area contributed by atoms with Crippen LogP contribution in [-0.4, -0.2) is 41.0 Å². The number of aromatic nitrogens is 2. The molecule has 3 aromatic rings. The van der Waals surface area contributed by atoms with Gasteiger partial charge in [0.1, 0.15) is 22.8 Å². The number of unbranched alkanes of at least 4 members (excludes halogenated alkanes) is 1. The van der Waals surface area contributed by atoms with E-state index in [1.54, 1.807) is 20.8 Å². The van der Waals surface area contributed by atoms with Crippen LogP contribution in [0.15, 0.2) is 48.8 Å². The number of nitrogens with one attached hydrogen (secondary N) is 2. The van der Waals surface area contributed by atoms with Gasteiger partial charge in [-0.2, -0.15) is 0 Å². The Bertz CT molecular complexity index is 1330. The third-order valence-electron chi connectivity index (χ3n) is 5.32. The van der Waals surface area contributed by atoms with Crippen molar-refractivity contribution in [2.24, 2.45) is 0 Å². The lowest BCUT2D eigenvalue weighted by Gasteiger charge is -2.21. The fourth-order valence-corrected chi connectivity index (χ4v) is 3.51. The number of ether oxygens (including phenoxy) is 3. The molecule has 9 nitrogen and oxygen atoms in total. The normalized spacial score (nSPS) is 11.9. The highest BCUT2D eigenvalue weighted by atomic mass is 19.1. The van der Waals surface area contributed by atoms with Gasteiger partial charge in [0.2, 0.25) is 12.7 Å². The number of nitrogens with zero attached hydrogens (tertiary/aromatic N) is 2. The third-order valence-corrected chi connectivity index (χ3v) is 5.32. The number of halogens is 3. The van der Waals surface area contributed by atoms with Crippen LogP contribution in [0.3, 0.4) is 0 Å². The number of rotatable bonds is 11. The second kappa shape index (κ2) is 13.6. The third kappa shape index (κ3) is 8.32. The summed E-state index contributed by atoms with van der Waals surface area (Å²) in [5.74, 6) is -2.67. The van der Waals surface area contributed by atoms with Gasteiger partial charge in [-0.15, -0.1) is 0 Å². The van der Waals surface area contributed by atoms with Crippen LogP contribution in [0, 0.1) is 11.6 Å². The summed E-state index contributed by atoms with van der Waals surface area (Å²) in [7, 11) is 0. The van der Waals surface area contributed by atoms with Crippen LogP contribution in [0.1, 0.15) is 68.2 Å². The Morgan fingerprint density at radius 1 is 1.05 bits per heavy atom. The number of hydrogen-bond donors (Lipinski definition) is 2. The Labute approximate surface area is 230 Å². The fraction of sp³-hybridized carbons (Fsp3) is 0.357. The number of hydrogen-bond acceptors (Lipinski definition) is 7. The van der Waals surface area contributed by atoms with Gasteiger partial charge in [-0.25, -0.2) is 22.9 Å². The van der Waals surface area contributed by atoms with Gasteiger partial charge < -0.3 is 19.5 Å². The largest absolute Gasteiger partial charge is 0.476 e. The van der Waals surface area contributed by atoms with E-state index in [2.05, 4.69) is 25.3 Å². The van der Waals surface area contributed by atoms with Crippen molar-refractivity contribution in [3.63, 3.8) is 0 Å². The van der Waals surface area contributed by atoms with Crippen LogP contribution in [0.5, 0.6) is 11.6 Å². The van der Waals surface area contributed by atoms with Crippen molar-refractivity contribution in [1.29, 1.82) is 0 Å². The number of amides is 2. The summed E-state index contributed by atoms with van der Waals surface area (Å²) in [4.78, 5) is 34.0. The summed E-state index contributed by atoms with van der Waals surface area (Å²) < 4.78 is 57.4. The second-order valence-electron chi connectivity index (χ2n) is 9.63. The molecule has 3 rings (SSSR count). The lowest BCUT2D eigenvalue weighted by molar-refractivity contribution is 0.0634. The summed E-state index contributed by atoms with van der Waals surface area (Å²) in [6, 6.07) is 6.10. The topological polar surface area (TPSA) is 112 Å². The van der Waals surface area contributed by atoms with Gasteiger partial charge in [0.25, 0.3) is 5.91 Å². The Balaban J connectivity index is 1.95. The second-order valence-corrected chi connectivity index (χ2v) is 9.63. The van der Waals surface area contributed by atoms with E-state index in [1.165, 1.54) is 30.6 Å². The minimum atomic E-state index is -1.25. The molecule has 2 amide bonds. The van der Waals surface area contributed by atoms with Gasteiger partial charge in [-0.1, -0.05) is 19.4 Å². The summed E-state index contributed by atoms with van der Waals surface area (Å²) in [6.45, 7) is 6.16. The number of carbonyl (C=O) groups is 2. The van der Waals surface area contributed by atoms with Crippen LogP contribution in [0.25, 0.3) is 0 Å². The predicted octanol–water partition coefficient (Wildman–Crippen LogP) is 6.11. The zero-order chi connectivity index (χ0) is 29.3. The molecule has 12 heteroatoms. The Morgan fingerprint density at radius 2 is 1.82 bits per heavy atom. The van der Waals surface area contributed by atoms with Crippen LogP contribution in [0.2, 0.25) is 0 Å². The molecule has 0 spiro atoms. The average molecular weight is 561 g/mol. The van der Waals surface area contributed by atoms with Crippen molar-refractivity contribution >= 4 is 17.7 Å². The average Bonchev–Trinajstić information content (AvgIpc) is 2.89. The molecule has 0 saturated heterocycles. The molecule has 0 bridgehead atoms. The zero-order valence-electron chi connectivity index (χ0n) is 22.6. The summed E-state index contributed by atoms with van der Waals surface area (Å²) in [6.07, 6.45) is 3.36. The standard InChI is InChI=1S/C28H31F3N4O5/c1-5-6-12-38-26-21(34-27(37)40-28(2,3)4)14-18(15-33-26)25(36)35-23(24-19(30)8-7-11-32-24)17-9-10-22(39-16-29)20(31)13-17/h7-11,13-15,23H,5-6,12,16H2,1-4H3,(H,34,37)(H,35,36)/t23-/m0/s1. The Morgan fingerprint density at radius 3 is 2.48 bits per heavy atom. The molecule has 214 valence electrons. The van der Waals surface area contributed by atoms with Crippen molar-refractivity contribution in [3.8, 4) is 11.6 Å². The highest BCUT2D eigenvalue weighted by Crippen LogP contribution is 2.29. The number of pyridine rings is 2. The van der Waals surface area contributed by atoms with E-state index in [0.717, 1.165) is 31.0 Å². The van der Waals surface area contributed by atoms with Crippen molar-refractivity contribution < 1.29 is 37.0 Å². The SMILES string of the molecule is CCCCOc1ncc(C(=O)N[C@@H](c2ccc(OCF)c(F)c2)c2ncccc2F)cc1NC(=O)OC(C)(C)C. The first-order valence-electron chi connectivity index (χ1n) is 12.5. The molecule has 2 heterocycles. The molecule has 0 aliphatic carbocycles. The van der Waals surface area contributed by atoms with E-state index in [0.29, 0.717) is 6.61 Å². The lowest BCUT2D eigenvalue weighted by atomic mass is 10.0. The maximum Gasteiger partial charge on any atom is 0.412 e. The van der Waals surface area contributed by atoms with Crippen LogP contribution in [-0.2, 0) is 4.74 Å². The molecule has 2 aromatic heterocycles. The fourth-order valence-electron chi connectivity index (χ4n) is 3.51. The van der Waals surface area contributed by atoms with E-state index in [1.807, 2.05) is 6.92 Å². The number of alkyl halides is 1. The molecule has 0 radical (unpaired) electrons. The highest BCUT2D eigenvalue weighted by molar-refractivity contribution is 5.97. The van der Waals surface area contributed by atoms with Crippen LogP contribution < -0.4 is 20.1 Å². The quantitative estimate of drug-likeness (QED) is 0.272. The van der Waals surface area contributed by atoms with Crippen molar-refractivity contribution in [2.75, 3.05) is 18.8 Å². The van der Waals surface area contributed by atoms with E-state index in [-0.39, 0.29) is 34.1 Å². The molecule has 40 heavy (non-hydrogen) atoms. The molecule has 1 atom stereocenters. The van der Waals surface area contributed by atoms with Gasteiger partial charge >= 0.3 is 6.09 Å². The number of carbonyl (C=O) groups excluding carboxylic acids is 2. The maximum absolute atomic E-state index is 14.8. The molecule has 0 fully saturated rings. The van der Waals surface area contributed by atoms with E-state index >= 15 is 0 Å². The summed E-state index contributed by atoms with van der Waals surface area (Å²) in [5.41, 5.74) is -0.788. The Kier molecular flexibility index (Phi) is 10.3. The summed E-state index contributed by atoms with van der Waals surface area (Å²) >= 11 is 0. The molecule has 2 N–H and O–H groups in total. The van der Waals surface area contributed by atoms with Gasteiger partial charge in [-0.05, 0) is 63.1 Å². The van der Waals surface area contributed by atoms with Gasteiger partial charge in [0.15, 0.2) is 11.6 Å². The van der Waals surface area contributed by atoms with Gasteiger partial charge in [-0.3, -0.25) is 15.1 Å². The van der Waals surface area contributed by atoms with Crippen molar-refractivity contribution in [2.45, 2.75) is 52.2 Å². The first kappa shape index (κ1) is 30.2. The Hall–Kier alpha value is -4.35. The zero-order valence-corrected chi connectivity index (χ0v) is 22.6. The molecular formula is C28H31F3N4O5. The van der Waals surface area contributed by atoms with Crippen LogP contribution >= 0.6 is 0 Å². The maximum atomic E-state index is 14.8. The van der Waals surface area contributed by atoms with E-state index in [9.17, 15) is 22.8 Å². The smallest absolute Gasteiger partial charge is 0.412 e. The van der Waals surface area contributed by atoms with Gasteiger partial charge in [0.05, 0.1) is 18.2 Å². The number of anilines is 1. The first-order chi connectivity index (χ1) is 19.0. The predicted molar refractivity (Wildman–Crippen MR) is 141 cm³/mol. The van der Waals surface area contributed by atoms with Gasteiger partial charge in [0, 0.05) is 12.4 Å².